The van der Waals surface area contributed by atoms with E-state index in [1.54, 1.807) is 29.1 Å². The molecule has 6 nitrogen and oxygen atoms in total. The van der Waals surface area contributed by atoms with Crippen LogP contribution in [0.3, 0.4) is 0 Å². The standard InChI is InChI=1S/C18H24N2O4/c1-12(2)23-16-8-6-7-14(18(21)24-13(3)4)15(16)11-22-17-9-10-20(5)19-17/h6-10,12-13H,11H2,1-5H3. The first-order chi connectivity index (χ1) is 11.4. The van der Waals surface area contributed by atoms with Gasteiger partial charge in [0.1, 0.15) is 12.4 Å². The van der Waals surface area contributed by atoms with Gasteiger partial charge in [-0.25, -0.2) is 4.79 Å². The summed E-state index contributed by atoms with van der Waals surface area (Å²) in [6.45, 7) is 7.67. The maximum absolute atomic E-state index is 12.4. The Kier molecular flexibility index (Phi) is 5.84. The van der Waals surface area contributed by atoms with Crippen molar-refractivity contribution in [2.45, 2.75) is 46.5 Å². The minimum atomic E-state index is -0.390. The van der Waals surface area contributed by atoms with Crippen molar-refractivity contribution in [3.8, 4) is 11.6 Å². The number of nitrogens with zero attached hydrogens (tertiary/aromatic N) is 2. The number of rotatable bonds is 7. The van der Waals surface area contributed by atoms with E-state index in [1.165, 1.54) is 0 Å². The average molecular weight is 332 g/mol. The van der Waals surface area contributed by atoms with Gasteiger partial charge in [0.15, 0.2) is 0 Å². The predicted molar refractivity (Wildman–Crippen MR) is 90.3 cm³/mol. The average Bonchev–Trinajstić information content (AvgIpc) is 2.90. The Morgan fingerprint density at radius 3 is 2.50 bits per heavy atom. The molecule has 0 aliphatic heterocycles. The van der Waals surface area contributed by atoms with Crippen molar-refractivity contribution in [3.63, 3.8) is 0 Å². The minimum Gasteiger partial charge on any atom is -0.491 e. The van der Waals surface area contributed by atoms with Crippen LogP contribution in [0.4, 0.5) is 0 Å². The lowest BCUT2D eigenvalue weighted by Crippen LogP contribution is -2.16. The molecule has 130 valence electrons. The number of carbonyl (C=O) groups is 1. The fourth-order valence-corrected chi connectivity index (χ4v) is 2.16. The zero-order chi connectivity index (χ0) is 17.7. The lowest BCUT2D eigenvalue weighted by Gasteiger charge is -2.18. The number of hydrogen-bond acceptors (Lipinski definition) is 5. The second-order valence-corrected chi connectivity index (χ2v) is 6.02. The number of ether oxygens (including phenoxy) is 3. The topological polar surface area (TPSA) is 62.6 Å². The second-order valence-electron chi connectivity index (χ2n) is 6.02. The van der Waals surface area contributed by atoms with Crippen molar-refractivity contribution in [2.24, 2.45) is 7.05 Å². The van der Waals surface area contributed by atoms with Crippen LogP contribution in [0, 0.1) is 0 Å². The third-order valence-corrected chi connectivity index (χ3v) is 3.11. The number of hydrogen-bond donors (Lipinski definition) is 0. The quantitative estimate of drug-likeness (QED) is 0.728. The number of esters is 1. The van der Waals surface area contributed by atoms with Crippen molar-refractivity contribution < 1.29 is 19.0 Å². The van der Waals surface area contributed by atoms with E-state index in [0.717, 1.165) is 0 Å². The summed E-state index contributed by atoms with van der Waals surface area (Å²) in [4.78, 5) is 12.4. The Morgan fingerprint density at radius 2 is 1.92 bits per heavy atom. The van der Waals surface area contributed by atoms with E-state index in [-0.39, 0.29) is 24.8 Å². The molecule has 1 aromatic carbocycles. The van der Waals surface area contributed by atoms with E-state index in [4.69, 9.17) is 14.2 Å². The monoisotopic (exact) mass is 332 g/mol. The van der Waals surface area contributed by atoms with E-state index in [2.05, 4.69) is 5.10 Å². The van der Waals surface area contributed by atoms with Crippen molar-refractivity contribution in [2.75, 3.05) is 0 Å². The Labute approximate surface area is 142 Å². The predicted octanol–water partition coefficient (Wildman–Crippen LogP) is 3.35. The van der Waals surface area contributed by atoms with Gasteiger partial charge in [0.2, 0.25) is 5.88 Å². The van der Waals surface area contributed by atoms with Crippen LogP contribution in [-0.2, 0) is 18.4 Å². The number of benzene rings is 1. The Morgan fingerprint density at radius 1 is 1.17 bits per heavy atom. The fourth-order valence-electron chi connectivity index (χ4n) is 2.16. The first-order valence-electron chi connectivity index (χ1n) is 7.98. The highest BCUT2D eigenvalue weighted by Gasteiger charge is 2.19. The molecular weight excluding hydrogens is 308 g/mol. The van der Waals surface area contributed by atoms with Gasteiger partial charge < -0.3 is 14.2 Å². The molecule has 0 N–H and O–H groups in total. The van der Waals surface area contributed by atoms with Gasteiger partial charge in [0, 0.05) is 24.9 Å². The molecule has 24 heavy (non-hydrogen) atoms. The first-order valence-corrected chi connectivity index (χ1v) is 7.98. The molecule has 0 aliphatic carbocycles. The van der Waals surface area contributed by atoms with Gasteiger partial charge in [-0.15, -0.1) is 5.10 Å². The maximum atomic E-state index is 12.4. The van der Waals surface area contributed by atoms with Gasteiger partial charge in [-0.05, 0) is 39.8 Å². The van der Waals surface area contributed by atoms with Crippen molar-refractivity contribution >= 4 is 5.97 Å². The summed E-state index contributed by atoms with van der Waals surface area (Å²) >= 11 is 0. The van der Waals surface area contributed by atoms with Gasteiger partial charge >= 0.3 is 5.97 Å². The summed E-state index contributed by atoms with van der Waals surface area (Å²) in [5.74, 6) is 0.706. The summed E-state index contributed by atoms with van der Waals surface area (Å²) in [7, 11) is 1.81. The second kappa shape index (κ2) is 7.86. The van der Waals surface area contributed by atoms with Crippen LogP contribution in [-0.4, -0.2) is 28.0 Å². The zero-order valence-corrected chi connectivity index (χ0v) is 14.8. The SMILES string of the molecule is CC(C)OC(=O)c1cccc(OC(C)C)c1COc1ccn(C)n1. The molecule has 0 radical (unpaired) electrons. The molecule has 0 bridgehead atoms. The first kappa shape index (κ1) is 17.8. The number of aromatic nitrogens is 2. The normalized spacial score (nSPS) is 11.0. The highest BCUT2D eigenvalue weighted by atomic mass is 16.5. The highest BCUT2D eigenvalue weighted by Crippen LogP contribution is 2.26. The molecule has 0 saturated heterocycles. The molecule has 1 heterocycles. The fraction of sp³-hybridized carbons (Fsp3) is 0.444. The summed E-state index contributed by atoms with van der Waals surface area (Å²) < 4.78 is 18.5. The zero-order valence-electron chi connectivity index (χ0n) is 14.8. The summed E-state index contributed by atoms with van der Waals surface area (Å²) in [5, 5.41) is 4.18. The molecular formula is C18H24N2O4. The molecule has 0 saturated carbocycles. The van der Waals surface area contributed by atoms with Crippen LogP contribution in [0.25, 0.3) is 0 Å². The van der Waals surface area contributed by atoms with Crippen LogP contribution in [0.15, 0.2) is 30.5 Å². The van der Waals surface area contributed by atoms with E-state index >= 15 is 0 Å². The molecule has 0 atom stereocenters. The highest BCUT2D eigenvalue weighted by molar-refractivity contribution is 5.92. The maximum Gasteiger partial charge on any atom is 0.338 e. The van der Waals surface area contributed by atoms with Crippen LogP contribution in [0.2, 0.25) is 0 Å². The lowest BCUT2D eigenvalue weighted by molar-refractivity contribution is 0.0373. The summed E-state index contributed by atoms with van der Waals surface area (Å²) in [5.41, 5.74) is 1.10. The van der Waals surface area contributed by atoms with E-state index in [1.807, 2.05) is 40.8 Å². The Bertz CT molecular complexity index is 692. The van der Waals surface area contributed by atoms with Crippen molar-refractivity contribution in [3.05, 3.63) is 41.6 Å². The third kappa shape index (κ3) is 4.75. The molecule has 2 rings (SSSR count). The van der Waals surface area contributed by atoms with Crippen LogP contribution >= 0.6 is 0 Å². The van der Waals surface area contributed by atoms with Crippen molar-refractivity contribution in [1.29, 1.82) is 0 Å². The van der Waals surface area contributed by atoms with E-state index < -0.39 is 0 Å². The summed E-state index contributed by atoms with van der Waals surface area (Å²) in [6, 6.07) is 7.08. The largest absolute Gasteiger partial charge is 0.491 e. The van der Waals surface area contributed by atoms with Crippen molar-refractivity contribution in [1.82, 2.24) is 9.78 Å². The van der Waals surface area contributed by atoms with Gasteiger partial charge in [0.25, 0.3) is 0 Å². The summed E-state index contributed by atoms with van der Waals surface area (Å²) in [6.07, 6.45) is 1.58. The van der Waals surface area contributed by atoms with Crippen LogP contribution in [0.1, 0.15) is 43.6 Å². The van der Waals surface area contributed by atoms with Crippen LogP contribution < -0.4 is 9.47 Å². The van der Waals surface area contributed by atoms with Gasteiger partial charge in [0.05, 0.1) is 17.8 Å². The van der Waals surface area contributed by atoms with Gasteiger partial charge in [-0.1, -0.05) is 6.07 Å². The molecule has 0 aliphatic rings. The Balaban J connectivity index is 2.30. The molecule has 0 spiro atoms. The van der Waals surface area contributed by atoms with Gasteiger partial charge in [-0.2, -0.15) is 0 Å². The number of aryl methyl sites for hydroxylation is 1. The molecule has 6 heteroatoms. The smallest absolute Gasteiger partial charge is 0.338 e. The molecule has 0 amide bonds. The van der Waals surface area contributed by atoms with Crippen LogP contribution in [0.5, 0.6) is 11.6 Å². The molecule has 0 unspecified atom stereocenters. The molecule has 0 fully saturated rings. The van der Waals surface area contributed by atoms with E-state index in [9.17, 15) is 4.79 Å². The van der Waals surface area contributed by atoms with Gasteiger partial charge in [-0.3, -0.25) is 4.68 Å². The van der Waals surface area contributed by atoms with E-state index in [0.29, 0.717) is 22.8 Å². The third-order valence-electron chi connectivity index (χ3n) is 3.11. The molecule has 2 aromatic rings. The lowest BCUT2D eigenvalue weighted by atomic mass is 10.1. The Hall–Kier alpha value is -2.50. The minimum absolute atomic E-state index is 0.0185. The molecule has 1 aromatic heterocycles. The number of carbonyl (C=O) groups excluding carboxylic acids is 1.